The Morgan fingerprint density at radius 2 is 2.15 bits per heavy atom. The summed E-state index contributed by atoms with van der Waals surface area (Å²) < 4.78 is 7.15. The molecule has 26 heavy (non-hydrogen) atoms. The van der Waals surface area contributed by atoms with Crippen LogP contribution in [-0.4, -0.2) is 30.4 Å². The zero-order valence-corrected chi connectivity index (χ0v) is 14.8. The molecule has 0 fully saturated rings. The van der Waals surface area contributed by atoms with Crippen molar-refractivity contribution in [3.63, 3.8) is 0 Å². The van der Waals surface area contributed by atoms with Gasteiger partial charge in [-0.2, -0.15) is 0 Å². The number of imidazole rings is 1. The van der Waals surface area contributed by atoms with Crippen LogP contribution in [0.3, 0.4) is 0 Å². The standard InChI is InChI=1S/C17H14N6O2S/c1-10-15(26-17(21-10)12-4-3-7-25-12)16(24)22-13-8-14(20-9-19-13)23-6-5-18-11(23)2/h3-9H,1-2H3,(H,19,20,22,24). The lowest BCUT2D eigenvalue weighted by Gasteiger charge is -2.07. The lowest BCUT2D eigenvalue weighted by molar-refractivity contribution is 0.102. The molecule has 0 radical (unpaired) electrons. The van der Waals surface area contributed by atoms with Gasteiger partial charge in [0.25, 0.3) is 5.91 Å². The van der Waals surface area contributed by atoms with E-state index in [0.29, 0.717) is 33.0 Å². The number of furan rings is 1. The van der Waals surface area contributed by atoms with Gasteiger partial charge < -0.3 is 9.73 Å². The predicted molar refractivity (Wildman–Crippen MR) is 96.4 cm³/mol. The maximum atomic E-state index is 12.6. The number of anilines is 1. The van der Waals surface area contributed by atoms with E-state index in [1.807, 2.05) is 17.6 Å². The molecule has 0 bridgehead atoms. The van der Waals surface area contributed by atoms with Crippen LogP contribution >= 0.6 is 11.3 Å². The van der Waals surface area contributed by atoms with Crippen LogP contribution in [-0.2, 0) is 0 Å². The topological polar surface area (TPSA) is 98.7 Å². The van der Waals surface area contributed by atoms with Gasteiger partial charge in [-0.15, -0.1) is 11.3 Å². The number of carbonyl (C=O) groups is 1. The second kappa shape index (κ2) is 6.52. The zero-order chi connectivity index (χ0) is 18.1. The summed E-state index contributed by atoms with van der Waals surface area (Å²) >= 11 is 1.27. The van der Waals surface area contributed by atoms with Crippen LogP contribution in [0.15, 0.2) is 47.6 Å². The molecule has 0 atom stereocenters. The highest BCUT2D eigenvalue weighted by molar-refractivity contribution is 7.17. The normalized spacial score (nSPS) is 10.8. The number of nitrogens with zero attached hydrogens (tertiary/aromatic N) is 5. The van der Waals surface area contributed by atoms with E-state index in [2.05, 4.69) is 25.3 Å². The number of rotatable bonds is 4. The number of carbonyl (C=O) groups excluding carboxylic acids is 1. The lowest BCUT2D eigenvalue weighted by Crippen LogP contribution is -2.13. The van der Waals surface area contributed by atoms with Gasteiger partial charge in [0.05, 0.1) is 12.0 Å². The maximum Gasteiger partial charge on any atom is 0.268 e. The third kappa shape index (κ3) is 3.00. The number of hydrogen-bond acceptors (Lipinski definition) is 7. The molecule has 0 saturated carbocycles. The minimum absolute atomic E-state index is 0.273. The van der Waals surface area contributed by atoms with Crippen molar-refractivity contribution in [1.29, 1.82) is 0 Å². The number of aromatic nitrogens is 5. The molecule has 1 amide bonds. The van der Waals surface area contributed by atoms with Gasteiger partial charge in [0.1, 0.15) is 28.7 Å². The zero-order valence-electron chi connectivity index (χ0n) is 14.0. The average molecular weight is 366 g/mol. The van der Waals surface area contributed by atoms with Crippen LogP contribution in [0.2, 0.25) is 0 Å². The summed E-state index contributed by atoms with van der Waals surface area (Å²) in [5, 5.41) is 3.46. The molecule has 0 aromatic carbocycles. The molecule has 0 spiro atoms. The Balaban J connectivity index is 1.58. The Morgan fingerprint density at radius 1 is 1.27 bits per heavy atom. The Bertz CT molecular complexity index is 1070. The molecule has 0 unspecified atom stereocenters. The van der Waals surface area contributed by atoms with Crippen LogP contribution in [0.4, 0.5) is 5.82 Å². The van der Waals surface area contributed by atoms with Crippen LogP contribution in [0, 0.1) is 13.8 Å². The van der Waals surface area contributed by atoms with E-state index in [1.165, 1.54) is 17.7 Å². The van der Waals surface area contributed by atoms with Crippen molar-refractivity contribution in [3.8, 4) is 16.6 Å². The van der Waals surface area contributed by atoms with Crippen molar-refractivity contribution >= 4 is 23.1 Å². The van der Waals surface area contributed by atoms with Crippen molar-refractivity contribution in [2.24, 2.45) is 0 Å². The van der Waals surface area contributed by atoms with Crippen molar-refractivity contribution in [3.05, 3.63) is 59.6 Å². The largest absolute Gasteiger partial charge is 0.462 e. The second-order valence-electron chi connectivity index (χ2n) is 5.47. The quantitative estimate of drug-likeness (QED) is 0.595. The van der Waals surface area contributed by atoms with E-state index in [1.54, 1.807) is 37.7 Å². The summed E-state index contributed by atoms with van der Waals surface area (Å²) in [6, 6.07) is 5.28. The number of thiazole rings is 1. The Hall–Kier alpha value is -3.33. The summed E-state index contributed by atoms with van der Waals surface area (Å²) in [6.45, 7) is 3.66. The lowest BCUT2D eigenvalue weighted by atomic mass is 10.3. The van der Waals surface area contributed by atoms with Gasteiger partial charge in [-0.25, -0.2) is 19.9 Å². The van der Waals surface area contributed by atoms with Crippen molar-refractivity contribution in [2.45, 2.75) is 13.8 Å². The molecular weight excluding hydrogens is 352 g/mol. The van der Waals surface area contributed by atoms with Gasteiger partial charge in [0.2, 0.25) is 0 Å². The Kier molecular flexibility index (Phi) is 4.05. The minimum atomic E-state index is -0.273. The van der Waals surface area contributed by atoms with Crippen LogP contribution in [0.25, 0.3) is 16.6 Å². The first kappa shape index (κ1) is 16.2. The fraction of sp³-hybridized carbons (Fsp3) is 0.118. The van der Waals surface area contributed by atoms with Crippen molar-refractivity contribution in [1.82, 2.24) is 24.5 Å². The summed E-state index contributed by atoms with van der Waals surface area (Å²) in [6.07, 6.45) is 6.46. The van der Waals surface area contributed by atoms with Gasteiger partial charge in [0.15, 0.2) is 10.8 Å². The highest BCUT2D eigenvalue weighted by Gasteiger charge is 2.18. The van der Waals surface area contributed by atoms with E-state index >= 15 is 0 Å². The molecule has 4 aromatic rings. The van der Waals surface area contributed by atoms with Crippen LogP contribution < -0.4 is 5.32 Å². The summed E-state index contributed by atoms with van der Waals surface area (Å²) in [5.41, 5.74) is 0.638. The van der Waals surface area contributed by atoms with E-state index in [9.17, 15) is 4.79 Å². The van der Waals surface area contributed by atoms with Crippen molar-refractivity contribution < 1.29 is 9.21 Å². The summed E-state index contributed by atoms with van der Waals surface area (Å²) in [5.74, 6) is 2.19. The van der Waals surface area contributed by atoms with Gasteiger partial charge in [-0.1, -0.05) is 0 Å². The van der Waals surface area contributed by atoms with Gasteiger partial charge >= 0.3 is 0 Å². The first-order chi connectivity index (χ1) is 12.6. The smallest absolute Gasteiger partial charge is 0.268 e. The Labute approximate surface area is 152 Å². The monoisotopic (exact) mass is 366 g/mol. The number of aryl methyl sites for hydroxylation is 2. The van der Waals surface area contributed by atoms with Crippen LogP contribution in [0.1, 0.15) is 21.2 Å². The molecule has 4 heterocycles. The van der Waals surface area contributed by atoms with Gasteiger partial charge in [-0.3, -0.25) is 9.36 Å². The van der Waals surface area contributed by atoms with E-state index in [0.717, 1.165) is 5.82 Å². The van der Waals surface area contributed by atoms with E-state index < -0.39 is 0 Å². The fourth-order valence-electron chi connectivity index (χ4n) is 2.45. The maximum absolute atomic E-state index is 12.6. The molecule has 0 aliphatic carbocycles. The van der Waals surface area contributed by atoms with E-state index in [4.69, 9.17) is 4.42 Å². The summed E-state index contributed by atoms with van der Waals surface area (Å²) in [7, 11) is 0. The second-order valence-corrected chi connectivity index (χ2v) is 6.47. The number of hydrogen-bond donors (Lipinski definition) is 1. The number of amides is 1. The highest BCUT2D eigenvalue weighted by Crippen LogP contribution is 2.28. The third-order valence-corrected chi connectivity index (χ3v) is 4.87. The molecule has 0 saturated heterocycles. The third-order valence-electron chi connectivity index (χ3n) is 3.70. The van der Waals surface area contributed by atoms with Gasteiger partial charge in [-0.05, 0) is 26.0 Å². The summed E-state index contributed by atoms with van der Waals surface area (Å²) in [4.78, 5) is 30.1. The first-order valence-electron chi connectivity index (χ1n) is 7.77. The molecule has 8 nitrogen and oxygen atoms in total. The molecule has 130 valence electrons. The van der Waals surface area contributed by atoms with Gasteiger partial charge in [0, 0.05) is 18.5 Å². The predicted octanol–water partition coefficient (Wildman–Crippen LogP) is 3.25. The Morgan fingerprint density at radius 3 is 2.88 bits per heavy atom. The molecule has 0 aliphatic heterocycles. The molecule has 1 N–H and O–H groups in total. The molecule has 4 rings (SSSR count). The average Bonchev–Trinajstić information content (AvgIpc) is 3.35. The van der Waals surface area contributed by atoms with Crippen molar-refractivity contribution in [2.75, 3.05) is 5.32 Å². The van der Waals surface area contributed by atoms with Crippen LogP contribution in [0.5, 0.6) is 0 Å². The molecule has 4 aromatic heterocycles. The molecular formula is C17H14N6O2S. The SMILES string of the molecule is Cc1nc(-c2ccco2)sc1C(=O)Nc1cc(-n2ccnc2C)ncn1. The number of nitrogens with one attached hydrogen (secondary N) is 1. The fourth-order valence-corrected chi connectivity index (χ4v) is 3.38. The highest BCUT2D eigenvalue weighted by atomic mass is 32.1. The molecule has 9 heteroatoms. The first-order valence-corrected chi connectivity index (χ1v) is 8.58. The molecule has 0 aliphatic rings. The minimum Gasteiger partial charge on any atom is -0.462 e. The van der Waals surface area contributed by atoms with E-state index in [-0.39, 0.29) is 5.91 Å².